The minimum Gasteiger partial charge on any atom is -0.487 e. The van der Waals surface area contributed by atoms with E-state index in [-0.39, 0.29) is 18.6 Å². The van der Waals surface area contributed by atoms with Crippen molar-refractivity contribution >= 4 is 40.3 Å². The Hall–Kier alpha value is -4.27. The molecule has 0 aliphatic carbocycles. The van der Waals surface area contributed by atoms with Crippen molar-refractivity contribution in [3.8, 4) is 16.9 Å². The molecule has 1 aliphatic rings. The van der Waals surface area contributed by atoms with E-state index in [1.807, 2.05) is 12.1 Å². The Balaban J connectivity index is 1.20. The number of carbonyl (C=O) groups excluding carboxylic acids is 1. The molecule has 0 amide bonds. The fraction of sp³-hybridized carbons (Fsp3) is 0.219. The Bertz CT molecular complexity index is 1690. The smallest absolute Gasteiger partial charge is 0.141 e. The Morgan fingerprint density at radius 2 is 2.02 bits per heavy atom. The van der Waals surface area contributed by atoms with Gasteiger partial charge in [-0.15, -0.1) is 0 Å². The summed E-state index contributed by atoms with van der Waals surface area (Å²) in [6.45, 7) is 1.12. The van der Waals surface area contributed by atoms with Gasteiger partial charge in [0.25, 0.3) is 0 Å². The molecule has 1 fully saturated rings. The molecule has 5 aromatic rings. The molecule has 0 saturated carbocycles. The van der Waals surface area contributed by atoms with Crippen LogP contribution in [0.15, 0.2) is 85.5 Å². The number of fused-ring (bicyclic) bond motifs is 1. The van der Waals surface area contributed by atoms with Gasteiger partial charge in [0.05, 0.1) is 16.7 Å². The molecule has 3 aromatic carbocycles. The van der Waals surface area contributed by atoms with Crippen molar-refractivity contribution in [3.05, 3.63) is 102 Å². The zero-order valence-corrected chi connectivity index (χ0v) is 23.0. The summed E-state index contributed by atoms with van der Waals surface area (Å²) in [6, 6.07) is 19.9. The first-order chi connectivity index (χ1) is 20.1. The van der Waals surface area contributed by atoms with E-state index < -0.39 is 0 Å². The molecule has 7 nitrogen and oxygen atoms in total. The molecule has 0 bridgehead atoms. The first-order valence-corrected chi connectivity index (χ1v) is 14.0. The van der Waals surface area contributed by atoms with Crippen molar-refractivity contribution in [2.75, 3.05) is 11.9 Å². The van der Waals surface area contributed by atoms with Gasteiger partial charge in [-0.2, -0.15) is 0 Å². The molecule has 0 spiro atoms. The molecule has 3 heterocycles. The number of anilines is 2. The fourth-order valence-corrected chi connectivity index (χ4v) is 5.52. The van der Waals surface area contributed by atoms with Crippen LogP contribution >= 0.6 is 11.6 Å². The standard InChI is InChI=1S/C32H29ClFN5O2/c33-28-17-26(5-7-30(28)41-19-22-2-1-3-25(34)14-22)38-32-27-16-23(4-6-29(27)36-20-37-32)24-9-12-39(18-24)31-15-21(10-13-40)8-11-35-31/h1-7,9,12-14,16-18,20-21,31,35H,8,10-11,15,19H2,(H,36,37,38). The first-order valence-electron chi connectivity index (χ1n) is 13.6. The average molecular weight is 570 g/mol. The van der Waals surface area contributed by atoms with Gasteiger partial charge in [0.15, 0.2) is 0 Å². The summed E-state index contributed by atoms with van der Waals surface area (Å²) >= 11 is 6.51. The van der Waals surface area contributed by atoms with Crippen molar-refractivity contribution in [1.29, 1.82) is 0 Å². The second kappa shape index (κ2) is 12.1. The Kier molecular flexibility index (Phi) is 7.93. The molecule has 2 atom stereocenters. The summed E-state index contributed by atoms with van der Waals surface area (Å²) in [4.78, 5) is 20.0. The van der Waals surface area contributed by atoms with Crippen LogP contribution in [0.1, 0.15) is 31.0 Å². The molecule has 2 N–H and O–H groups in total. The molecular formula is C32H29ClFN5O2. The molecular weight excluding hydrogens is 541 g/mol. The summed E-state index contributed by atoms with van der Waals surface area (Å²) in [5, 5.41) is 8.23. The van der Waals surface area contributed by atoms with Crippen LogP contribution < -0.4 is 15.4 Å². The largest absolute Gasteiger partial charge is 0.487 e. The first kappa shape index (κ1) is 26.9. The van der Waals surface area contributed by atoms with Crippen LogP contribution in [0.4, 0.5) is 15.9 Å². The van der Waals surface area contributed by atoms with E-state index in [2.05, 4.69) is 55.8 Å². The number of aldehydes is 1. The molecule has 0 radical (unpaired) electrons. The van der Waals surface area contributed by atoms with Gasteiger partial charge < -0.3 is 19.4 Å². The molecule has 2 unspecified atom stereocenters. The van der Waals surface area contributed by atoms with Crippen molar-refractivity contribution in [2.45, 2.75) is 32.0 Å². The molecule has 41 heavy (non-hydrogen) atoms. The van der Waals surface area contributed by atoms with Crippen molar-refractivity contribution in [1.82, 2.24) is 19.9 Å². The second-order valence-electron chi connectivity index (χ2n) is 10.3. The van der Waals surface area contributed by atoms with Crippen LogP contribution in [0.2, 0.25) is 5.02 Å². The highest BCUT2D eigenvalue weighted by molar-refractivity contribution is 6.32. The lowest BCUT2D eigenvalue weighted by molar-refractivity contribution is -0.108. The van der Waals surface area contributed by atoms with E-state index in [9.17, 15) is 9.18 Å². The monoisotopic (exact) mass is 569 g/mol. The van der Waals surface area contributed by atoms with E-state index >= 15 is 0 Å². The third-order valence-electron chi connectivity index (χ3n) is 7.44. The SMILES string of the molecule is O=CCC1CCNC(n2ccc(-c3ccc4ncnc(Nc5ccc(OCc6cccc(F)c6)c(Cl)c5)c4c3)c2)C1. The summed E-state index contributed by atoms with van der Waals surface area (Å²) in [7, 11) is 0. The fourth-order valence-electron chi connectivity index (χ4n) is 5.28. The van der Waals surface area contributed by atoms with Crippen LogP contribution in [0, 0.1) is 11.7 Å². The van der Waals surface area contributed by atoms with E-state index in [0.717, 1.165) is 59.0 Å². The number of hydrogen-bond acceptors (Lipinski definition) is 6. The van der Waals surface area contributed by atoms with Gasteiger partial charge in [-0.25, -0.2) is 14.4 Å². The Morgan fingerprint density at radius 1 is 1.10 bits per heavy atom. The number of hydrogen-bond donors (Lipinski definition) is 2. The predicted octanol–water partition coefficient (Wildman–Crippen LogP) is 7.30. The third kappa shape index (κ3) is 6.24. The van der Waals surface area contributed by atoms with Crippen LogP contribution in [0.25, 0.3) is 22.0 Å². The molecule has 2 aromatic heterocycles. The number of aromatic nitrogens is 3. The number of rotatable bonds is 9. The van der Waals surface area contributed by atoms with E-state index in [0.29, 0.717) is 28.9 Å². The maximum Gasteiger partial charge on any atom is 0.141 e. The zero-order valence-electron chi connectivity index (χ0n) is 22.3. The van der Waals surface area contributed by atoms with Gasteiger partial charge in [-0.3, -0.25) is 5.32 Å². The minimum atomic E-state index is -0.306. The third-order valence-corrected chi connectivity index (χ3v) is 7.73. The van der Waals surface area contributed by atoms with Gasteiger partial charge in [0, 0.05) is 29.9 Å². The number of ether oxygens (including phenoxy) is 1. The van der Waals surface area contributed by atoms with Gasteiger partial charge in [0.2, 0.25) is 0 Å². The van der Waals surface area contributed by atoms with E-state index in [4.69, 9.17) is 16.3 Å². The van der Waals surface area contributed by atoms with E-state index in [1.54, 1.807) is 24.3 Å². The van der Waals surface area contributed by atoms with Gasteiger partial charge in [-0.05, 0) is 90.5 Å². The van der Waals surface area contributed by atoms with Crippen molar-refractivity contribution < 1.29 is 13.9 Å². The lowest BCUT2D eigenvalue weighted by atomic mass is 9.93. The highest BCUT2D eigenvalue weighted by atomic mass is 35.5. The highest BCUT2D eigenvalue weighted by Crippen LogP contribution is 2.33. The lowest BCUT2D eigenvalue weighted by Crippen LogP contribution is -2.35. The Morgan fingerprint density at radius 3 is 2.88 bits per heavy atom. The molecule has 1 aliphatic heterocycles. The number of halogens is 2. The topological polar surface area (TPSA) is 81.1 Å². The van der Waals surface area contributed by atoms with Crippen LogP contribution in [0.5, 0.6) is 5.75 Å². The highest BCUT2D eigenvalue weighted by Gasteiger charge is 2.22. The van der Waals surface area contributed by atoms with Gasteiger partial charge in [-0.1, -0.05) is 29.8 Å². The summed E-state index contributed by atoms with van der Waals surface area (Å²) in [5.41, 5.74) is 4.42. The van der Waals surface area contributed by atoms with Gasteiger partial charge >= 0.3 is 0 Å². The van der Waals surface area contributed by atoms with Crippen LogP contribution in [-0.4, -0.2) is 27.4 Å². The minimum absolute atomic E-state index is 0.175. The summed E-state index contributed by atoms with van der Waals surface area (Å²) < 4.78 is 21.5. The zero-order chi connectivity index (χ0) is 28.2. The lowest BCUT2D eigenvalue weighted by Gasteiger charge is -2.30. The molecule has 208 valence electrons. The number of benzene rings is 3. The Labute approximate surface area is 242 Å². The van der Waals surface area contributed by atoms with Crippen molar-refractivity contribution in [2.24, 2.45) is 5.92 Å². The molecule has 1 saturated heterocycles. The molecule has 6 rings (SSSR count). The molecule has 9 heteroatoms. The number of nitrogens with zero attached hydrogens (tertiary/aromatic N) is 3. The normalized spacial score (nSPS) is 16.9. The van der Waals surface area contributed by atoms with Crippen molar-refractivity contribution in [3.63, 3.8) is 0 Å². The van der Waals surface area contributed by atoms with E-state index in [1.165, 1.54) is 18.5 Å². The second-order valence-corrected chi connectivity index (χ2v) is 10.7. The maximum absolute atomic E-state index is 13.5. The van der Waals surface area contributed by atoms with Crippen LogP contribution in [-0.2, 0) is 11.4 Å². The summed E-state index contributed by atoms with van der Waals surface area (Å²) in [6.07, 6.45) is 9.54. The number of piperidine rings is 1. The van der Waals surface area contributed by atoms with Crippen LogP contribution in [0.3, 0.4) is 0 Å². The number of carbonyl (C=O) groups is 1. The summed E-state index contributed by atoms with van der Waals surface area (Å²) in [5.74, 6) is 1.27. The average Bonchev–Trinajstić information content (AvgIpc) is 3.48. The maximum atomic E-state index is 13.5. The quantitative estimate of drug-likeness (QED) is 0.181. The predicted molar refractivity (Wildman–Crippen MR) is 159 cm³/mol. The number of nitrogens with one attached hydrogen (secondary N) is 2. The van der Waals surface area contributed by atoms with Gasteiger partial charge in [0.1, 0.15) is 36.6 Å².